The number of rotatable bonds is 7. The number of carbonyl (C=O) groups is 3. The zero-order chi connectivity index (χ0) is 22.7. The minimum absolute atomic E-state index is 0.121. The molecule has 2 aromatic rings. The van der Waals surface area contributed by atoms with E-state index in [1.54, 1.807) is 42.5 Å². The first-order chi connectivity index (χ1) is 15.5. The van der Waals surface area contributed by atoms with Gasteiger partial charge in [-0.3, -0.25) is 19.3 Å². The Bertz CT molecular complexity index is 1120. The summed E-state index contributed by atoms with van der Waals surface area (Å²) in [5.41, 5.74) is 1.15. The summed E-state index contributed by atoms with van der Waals surface area (Å²) in [6, 6.07) is 10.1. The molecule has 0 spiro atoms. The average Bonchev–Trinajstić information content (AvgIpc) is 3.34. The van der Waals surface area contributed by atoms with Crippen LogP contribution in [0, 0.1) is 0 Å². The van der Waals surface area contributed by atoms with Crippen molar-refractivity contribution in [3.63, 3.8) is 0 Å². The topological polar surface area (TPSA) is 103 Å². The lowest BCUT2D eigenvalue weighted by Crippen LogP contribution is -2.36. The predicted molar refractivity (Wildman–Crippen MR) is 118 cm³/mol. The number of nitrogens with zero attached hydrogens (tertiary/aromatic N) is 1. The van der Waals surface area contributed by atoms with Gasteiger partial charge in [-0.15, -0.1) is 0 Å². The van der Waals surface area contributed by atoms with Crippen LogP contribution in [0.5, 0.6) is 23.0 Å². The quantitative estimate of drug-likeness (QED) is 0.632. The molecular formula is C22H20N2O7S. The summed E-state index contributed by atoms with van der Waals surface area (Å²) in [6.45, 7) is 2.03. The molecule has 2 aromatic carbocycles. The molecule has 1 fully saturated rings. The molecule has 1 saturated heterocycles. The molecule has 166 valence electrons. The van der Waals surface area contributed by atoms with Gasteiger partial charge in [-0.25, -0.2) is 0 Å². The fourth-order valence-electron chi connectivity index (χ4n) is 3.16. The van der Waals surface area contributed by atoms with Gasteiger partial charge in [0.25, 0.3) is 11.1 Å². The van der Waals surface area contributed by atoms with Crippen LogP contribution >= 0.6 is 11.8 Å². The van der Waals surface area contributed by atoms with Crippen molar-refractivity contribution in [2.24, 2.45) is 0 Å². The number of imide groups is 1. The molecule has 2 aliphatic heterocycles. The SMILES string of the molecule is CCOc1cc(/C=C2/SC(=O)N(CC(=O)Nc3ccc4c(c3)OCO4)C2=O)ccc1OC. The Balaban J connectivity index is 1.44. The molecule has 2 aliphatic rings. The maximum atomic E-state index is 12.7. The Morgan fingerprint density at radius 1 is 1.16 bits per heavy atom. The van der Waals surface area contributed by atoms with Crippen molar-refractivity contribution in [1.29, 1.82) is 0 Å². The van der Waals surface area contributed by atoms with E-state index >= 15 is 0 Å². The molecule has 0 unspecified atom stereocenters. The van der Waals surface area contributed by atoms with Crippen LogP contribution in [0.3, 0.4) is 0 Å². The van der Waals surface area contributed by atoms with Crippen LogP contribution < -0.4 is 24.3 Å². The minimum Gasteiger partial charge on any atom is -0.493 e. The summed E-state index contributed by atoms with van der Waals surface area (Å²) in [7, 11) is 1.54. The first-order valence-corrected chi connectivity index (χ1v) is 10.6. The third-order valence-corrected chi connectivity index (χ3v) is 5.52. The molecule has 0 radical (unpaired) electrons. The number of amides is 3. The van der Waals surface area contributed by atoms with Crippen LogP contribution in [0.4, 0.5) is 10.5 Å². The zero-order valence-corrected chi connectivity index (χ0v) is 18.2. The third kappa shape index (κ3) is 4.50. The highest BCUT2D eigenvalue weighted by Crippen LogP contribution is 2.36. The van der Waals surface area contributed by atoms with E-state index < -0.39 is 23.6 Å². The van der Waals surface area contributed by atoms with Crippen molar-refractivity contribution in [2.45, 2.75) is 6.92 Å². The van der Waals surface area contributed by atoms with E-state index in [2.05, 4.69) is 5.32 Å². The summed E-state index contributed by atoms with van der Waals surface area (Å²) in [6.07, 6.45) is 1.59. The van der Waals surface area contributed by atoms with E-state index in [-0.39, 0.29) is 11.7 Å². The van der Waals surface area contributed by atoms with Gasteiger partial charge in [0.1, 0.15) is 6.54 Å². The van der Waals surface area contributed by atoms with E-state index in [0.717, 1.165) is 16.7 Å². The molecule has 1 N–H and O–H groups in total. The Morgan fingerprint density at radius 3 is 2.75 bits per heavy atom. The van der Waals surface area contributed by atoms with Crippen molar-refractivity contribution in [3.8, 4) is 23.0 Å². The second-order valence-corrected chi connectivity index (χ2v) is 7.72. The number of carbonyl (C=O) groups excluding carboxylic acids is 3. The van der Waals surface area contributed by atoms with E-state index in [0.29, 0.717) is 40.9 Å². The monoisotopic (exact) mass is 456 g/mol. The van der Waals surface area contributed by atoms with Gasteiger partial charge in [0.05, 0.1) is 18.6 Å². The molecule has 0 atom stereocenters. The highest BCUT2D eigenvalue weighted by Gasteiger charge is 2.36. The van der Waals surface area contributed by atoms with Crippen molar-refractivity contribution in [2.75, 3.05) is 32.4 Å². The van der Waals surface area contributed by atoms with Crippen LogP contribution in [0.2, 0.25) is 0 Å². The van der Waals surface area contributed by atoms with Crippen molar-refractivity contribution < 1.29 is 33.3 Å². The summed E-state index contributed by atoms with van der Waals surface area (Å²) in [5, 5.41) is 2.15. The summed E-state index contributed by atoms with van der Waals surface area (Å²) in [5.74, 6) is 1.17. The molecule has 3 amide bonds. The lowest BCUT2D eigenvalue weighted by atomic mass is 10.2. The number of fused-ring (bicyclic) bond motifs is 1. The van der Waals surface area contributed by atoms with Crippen molar-refractivity contribution in [3.05, 3.63) is 46.9 Å². The molecular weight excluding hydrogens is 436 g/mol. The number of anilines is 1. The molecule has 4 rings (SSSR count). The van der Waals surface area contributed by atoms with E-state index in [1.165, 1.54) is 7.11 Å². The molecule has 32 heavy (non-hydrogen) atoms. The average molecular weight is 456 g/mol. The lowest BCUT2D eigenvalue weighted by molar-refractivity contribution is -0.127. The van der Waals surface area contributed by atoms with Gasteiger partial charge in [-0.1, -0.05) is 6.07 Å². The Kier molecular flexibility index (Phi) is 6.22. The first-order valence-electron chi connectivity index (χ1n) is 9.74. The number of ether oxygens (including phenoxy) is 4. The summed E-state index contributed by atoms with van der Waals surface area (Å²) >= 11 is 0.780. The molecule has 10 heteroatoms. The first kappa shape index (κ1) is 21.6. The van der Waals surface area contributed by atoms with E-state index in [4.69, 9.17) is 18.9 Å². The van der Waals surface area contributed by atoms with Crippen LogP contribution in [0.1, 0.15) is 12.5 Å². The maximum Gasteiger partial charge on any atom is 0.294 e. The number of methoxy groups -OCH3 is 1. The van der Waals surface area contributed by atoms with Crippen LogP contribution in [0.25, 0.3) is 6.08 Å². The Morgan fingerprint density at radius 2 is 1.97 bits per heavy atom. The summed E-state index contributed by atoms with van der Waals surface area (Å²) < 4.78 is 21.3. The van der Waals surface area contributed by atoms with Gasteiger partial charge >= 0.3 is 0 Å². The third-order valence-electron chi connectivity index (χ3n) is 4.62. The lowest BCUT2D eigenvalue weighted by Gasteiger charge is -2.12. The van der Waals surface area contributed by atoms with Gasteiger partial charge in [0, 0.05) is 11.8 Å². The van der Waals surface area contributed by atoms with Gasteiger partial charge in [0.15, 0.2) is 23.0 Å². The minimum atomic E-state index is -0.533. The standard InChI is InChI=1S/C22H20N2O7S/c1-3-29-17-8-13(4-6-15(17)28-2)9-19-21(26)24(22(27)32-19)11-20(25)23-14-5-7-16-18(10-14)31-12-30-16/h4-10H,3,11-12H2,1-2H3,(H,23,25)/b19-9+. The molecule has 0 saturated carbocycles. The van der Waals surface area contributed by atoms with Gasteiger partial charge in [-0.05, 0) is 54.6 Å². The molecule has 2 heterocycles. The van der Waals surface area contributed by atoms with E-state index in [9.17, 15) is 14.4 Å². The molecule has 9 nitrogen and oxygen atoms in total. The highest BCUT2D eigenvalue weighted by atomic mass is 32.2. The number of hydrogen-bond donors (Lipinski definition) is 1. The Hall–Kier alpha value is -3.66. The summed E-state index contributed by atoms with van der Waals surface area (Å²) in [4.78, 5) is 38.7. The van der Waals surface area contributed by atoms with Crippen LogP contribution in [0.15, 0.2) is 41.3 Å². The fraction of sp³-hybridized carbons (Fsp3) is 0.227. The van der Waals surface area contributed by atoms with E-state index in [1.807, 2.05) is 6.92 Å². The number of nitrogens with one attached hydrogen (secondary N) is 1. The maximum absolute atomic E-state index is 12.7. The molecule has 0 aromatic heterocycles. The van der Waals surface area contributed by atoms with Crippen LogP contribution in [-0.4, -0.2) is 49.0 Å². The smallest absolute Gasteiger partial charge is 0.294 e. The number of hydrogen-bond acceptors (Lipinski definition) is 8. The number of benzene rings is 2. The number of thioether (sulfide) groups is 1. The Labute approximate surface area is 188 Å². The van der Waals surface area contributed by atoms with Gasteiger partial charge in [-0.2, -0.15) is 0 Å². The molecule has 0 aliphatic carbocycles. The predicted octanol–water partition coefficient (Wildman–Crippen LogP) is 3.50. The second-order valence-electron chi connectivity index (χ2n) is 6.73. The highest BCUT2D eigenvalue weighted by molar-refractivity contribution is 8.18. The largest absolute Gasteiger partial charge is 0.493 e. The van der Waals surface area contributed by atoms with Crippen LogP contribution in [-0.2, 0) is 9.59 Å². The fourth-order valence-corrected chi connectivity index (χ4v) is 4.00. The van der Waals surface area contributed by atoms with Gasteiger partial charge in [0.2, 0.25) is 12.7 Å². The van der Waals surface area contributed by atoms with Crippen molar-refractivity contribution >= 4 is 40.6 Å². The second kappa shape index (κ2) is 9.23. The zero-order valence-electron chi connectivity index (χ0n) is 17.4. The van der Waals surface area contributed by atoms with Gasteiger partial charge < -0.3 is 24.3 Å². The van der Waals surface area contributed by atoms with Crippen molar-refractivity contribution in [1.82, 2.24) is 4.90 Å². The molecule has 0 bridgehead atoms. The normalized spacial score (nSPS) is 15.9.